The summed E-state index contributed by atoms with van der Waals surface area (Å²) in [6.45, 7) is 3.18. The molecule has 28 heavy (non-hydrogen) atoms. The van der Waals surface area contributed by atoms with E-state index in [1.165, 1.54) is 16.2 Å². The van der Waals surface area contributed by atoms with E-state index >= 15 is 0 Å². The van der Waals surface area contributed by atoms with Crippen LogP contribution in [-0.2, 0) is 17.6 Å². The van der Waals surface area contributed by atoms with Crippen LogP contribution in [0.5, 0.6) is 5.75 Å². The average Bonchev–Trinajstić information content (AvgIpc) is 3.25. The summed E-state index contributed by atoms with van der Waals surface area (Å²) in [4.78, 5) is 27.7. The molecule has 0 aliphatic heterocycles. The predicted octanol–water partition coefficient (Wildman–Crippen LogP) is 3.06. The second-order valence-electron chi connectivity index (χ2n) is 7.09. The van der Waals surface area contributed by atoms with E-state index in [9.17, 15) is 9.59 Å². The quantitative estimate of drug-likeness (QED) is 0.633. The number of hydrogen-bond donors (Lipinski definition) is 2. The number of primary amides is 1. The number of aryl methyl sites for hydroxylation is 1. The lowest BCUT2D eigenvalue weighted by atomic mass is 10.1. The van der Waals surface area contributed by atoms with Gasteiger partial charge in [-0.1, -0.05) is 18.2 Å². The molecule has 0 fully saturated rings. The molecule has 0 saturated carbocycles. The van der Waals surface area contributed by atoms with Crippen LogP contribution >= 0.6 is 11.3 Å². The molecule has 0 bridgehead atoms. The summed E-state index contributed by atoms with van der Waals surface area (Å²) < 4.78 is 5.69. The van der Waals surface area contributed by atoms with E-state index in [0.717, 1.165) is 43.5 Å². The van der Waals surface area contributed by atoms with Gasteiger partial charge >= 0.3 is 0 Å². The van der Waals surface area contributed by atoms with Gasteiger partial charge in [0.25, 0.3) is 5.91 Å². The van der Waals surface area contributed by atoms with Crippen LogP contribution in [0, 0.1) is 0 Å². The summed E-state index contributed by atoms with van der Waals surface area (Å²) in [5, 5.41) is 3.52. The van der Waals surface area contributed by atoms with Gasteiger partial charge in [-0.3, -0.25) is 14.5 Å². The van der Waals surface area contributed by atoms with Crippen molar-refractivity contribution in [3.63, 3.8) is 0 Å². The van der Waals surface area contributed by atoms with Crippen molar-refractivity contribution in [1.82, 2.24) is 4.90 Å². The van der Waals surface area contributed by atoms with E-state index in [2.05, 4.69) is 5.32 Å². The third kappa shape index (κ3) is 4.72. The Kier molecular flexibility index (Phi) is 6.70. The highest BCUT2D eigenvalue weighted by molar-refractivity contribution is 7.17. The topological polar surface area (TPSA) is 84.7 Å². The highest BCUT2D eigenvalue weighted by atomic mass is 32.1. The molecule has 1 aliphatic rings. The Morgan fingerprint density at radius 1 is 1.29 bits per heavy atom. The lowest BCUT2D eigenvalue weighted by Gasteiger charge is -2.23. The van der Waals surface area contributed by atoms with Gasteiger partial charge in [-0.2, -0.15) is 0 Å². The zero-order chi connectivity index (χ0) is 20.1. The monoisotopic (exact) mass is 401 g/mol. The second-order valence-corrected chi connectivity index (χ2v) is 8.19. The zero-order valence-electron chi connectivity index (χ0n) is 16.4. The fourth-order valence-electron chi connectivity index (χ4n) is 3.38. The number of likely N-dealkylation sites (N-methyl/N-ethyl adjacent to an activating group) is 1. The number of nitrogens with zero attached hydrogens (tertiary/aromatic N) is 1. The molecule has 1 atom stereocenters. The Balaban J connectivity index is 1.51. The van der Waals surface area contributed by atoms with Gasteiger partial charge in [-0.05, 0) is 57.4 Å². The van der Waals surface area contributed by atoms with E-state index in [-0.39, 0.29) is 11.9 Å². The van der Waals surface area contributed by atoms with E-state index in [0.29, 0.717) is 17.2 Å². The molecule has 1 aliphatic carbocycles. The number of carbonyl (C=O) groups excluding carboxylic acids is 2. The number of anilines is 1. The van der Waals surface area contributed by atoms with E-state index in [4.69, 9.17) is 10.5 Å². The minimum absolute atomic E-state index is 0.131. The highest BCUT2D eigenvalue weighted by Gasteiger charge is 2.27. The van der Waals surface area contributed by atoms with Gasteiger partial charge < -0.3 is 15.8 Å². The first-order valence-corrected chi connectivity index (χ1v) is 10.4. The molecule has 150 valence electrons. The molecule has 1 aromatic carbocycles. The fourth-order valence-corrected chi connectivity index (χ4v) is 4.68. The number of nitrogens with one attached hydrogen (secondary N) is 1. The number of hydrogen-bond acceptors (Lipinski definition) is 5. The summed E-state index contributed by atoms with van der Waals surface area (Å²) in [6.07, 6.45) is 3.66. The second kappa shape index (κ2) is 9.21. The van der Waals surface area contributed by atoms with Crippen LogP contribution in [0.3, 0.4) is 0 Å². The molecule has 7 heteroatoms. The third-order valence-corrected chi connectivity index (χ3v) is 6.32. The smallest absolute Gasteiger partial charge is 0.251 e. The number of para-hydroxylation sites is 1. The zero-order valence-corrected chi connectivity index (χ0v) is 17.2. The number of ether oxygens (including phenoxy) is 1. The van der Waals surface area contributed by atoms with Gasteiger partial charge in [-0.25, -0.2) is 0 Å². The molecule has 2 amide bonds. The summed E-state index contributed by atoms with van der Waals surface area (Å²) in [6, 6.07) is 9.36. The predicted molar refractivity (Wildman–Crippen MR) is 112 cm³/mol. The summed E-state index contributed by atoms with van der Waals surface area (Å²) >= 11 is 1.48. The number of amides is 2. The maximum absolute atomic E-state index is 12.7. The summed E-state index contributed by atoms with van der Waals surface area (Å²) in [5.41, 5.74) is 7.08. The van der Waals surface area contributed by atoms with Gasteiger partial charge in [0.15, 0.2) is 0 Å². The number of fused-ring (bicyclic) bond motifs is 1. The maximum atomic E-state index is 12.7. The largest absolute Gasteiger partial charge is 0.494 e. The van der Waals surface area contributed by atoms with Crippen molar-refractivity contribution in [2.24, 2.45) is 5.73 Å². The van der Waals surface area contributed by atoms with Crippen LogP contribution in [0.15, 0.2) is 30.3 Å². The molecule has 1 unspecified atom stereocenters. The molecule has 3 N–H and O–H groups in total. The van der Waals surface area contributed by atoms with Gasteiger partial charge in [-0.15, -0.1) is 11.3 Å². The van der Waals surface area contributed by atoms with Crippen LogP contribution in [0.25, 0.3) is 0 Å². The van der Waals surface area contributed by atoms with Crippen LogP contribution in [-0.4, -0.2) is 43.0 Å². The van der Waals surface area contributed by atoms with Crippen LogP contribution in [0.4, 0.5) is 5.00 Å². The van der Waals surface area contributed by atoms with Crippen molar-refractivity contribution in [2.45, 2.75) is 38.6 Å². The maximum Gasteiger partial charge on any atom is 0.251 e. The summed E-state index contributed by atoms with van der Waals surface area (Å²) in [7, 11) is 1.91. The molecule has 0 saturated heterocycles. The van der Waals surface area contributed by atoms with E-state index in [1.54, 1.807) is 0 Å². The fraction of sp³-hybridized carbons (Fsp3) is 0.429. The standard InChI is InChI=1S/C21H27N3O3S/c1-14(24(2)12-7-13-27-15-8-4-3-5-9-15)20(26)23-21-18(19(22)25)16-10-6-11-17(16)28-21/h3-5,8-9,14H,6-7,10-13H2,1-2H3,(H2,22,25)(H,23,26). The van der Waals surface area contributed by atoms with Gasteiger partial charge in [0.1, 0.15) is 10.8 Å². The molecule has 1 heterocycles. The van der Waals surface area contributed by atoms with E-state index in [1.807, 2.05) is 49.2 Å². The SMILES string of the molecule is CC(C(=O)Nc1sc2c(c1C(N)=O)CCC2)N(C)CCCOc1ccccc1. The lowest BCUT2D eigenvalue weighted by Crippen LogP contribution is -2.40. The van der Waals surface area contributed by atoms with Gasteiger partial charge in [0.05, 0.1) is 18.2 Å². The van der Waals surface area contributed by atoms with E-state index < -0.39 is 5.91 Å². The van der Waals surface area contributed by atoms with Gasteiger partial charge in [0, 0.05) is 11.4 Å². The van der Waals surface area contributed by atoms with Crippen molar-refractivity contribution >= 4 is 28.2 Å². The minimum Gasteiger partial charge on any atom is -0.494 e. The molecule has 0 radical (unpaired) electrons. The lowest BCUT2D eigenvalue weighted by molar-refractivity contribution is -0.120. The number of nitrogens with two attached hydrogens (primary N) is 1. The van der Waals surface area contributed by atoms with Crippen LogP contribution in [0.2, 0.25) is 0 Å². The molecular weight excluding hydrogens is 374 g/mol. The van der Waals surface area contributed by atoms with Crippen molar-refractivity contribution in [3.8, 4) is 5.75 Å². The third-order valence-electron chi connectivity index (χ3n) is 5.11. The molecule has 6 nitrogen and oxygen atoms in total. The van der Waals surface area contributed by atoms with Crippen molar-refractivity contribution in [1.29, 1.82) is 0 Å². The number of benzene rings is 1. The van der Waals surface area contributed by atoms with Crippen molar-refractivity contribution in [3.05, 3.63) is 46.3 Å². The molecular formula is C21H27N3O3S. The normalized spacial score (nSPS) is 14.0. The first-order chi connectivity index (χ1) is 13.5. The molecule has 1 aromatic heterocycles. The Morgan fingerprint density at radius 2 is 2.04 bits per heavy atom. The highest BCUT2D eigenvalue weighted by Crippen LogP contribution is 2.38. The number of rotatable bonds is 9. The Morgan fingerprint density at radius 3 is 2.75 bits per heavy atom. The van der Waals surface area contributed by atoms with Crippen LogP contribution < -0.4 is 15.8 Å². The Bertz CT molecular complexity index is 835. The van der Waals surface area contributed by atoms with Crippen LogP contribution in [0.1, 0.15) is 40.6 Å². The van der Waals surface area contributed by atoms with Crippen molar-refractivity contribution in [2.75, 3.05) is 25.5 Å². The molecule has 2 aromatic rings. The minimum atomic E-state index is -0.464. The number of thiophene rings is 1. The number of carbonyl (C=O) groups is 2. The first kappa shape index (κ1) is 20.4. The van der Waals surface area contributed by atoms with Crippen molar-refractivity contribution < 1.29 is 14.3 Å². The average molecular weight is 402 g/mol. The Labute approximate surface area is 169 Å². The van der Waals surface area contributed by atoms with Gasteiger partial charge in [0.2, 0.25) is 5.91 Å². The Hall–Kier alpha value is -2.38. The molecule has 3 rings (SSSR count). The summed E-state index contributed by atoms with van der Waals surface area (Å²) in [5.74, 6) is 0.253. The molecule has 0 spiro atoms. The first-order valence-electron chi connectivity index (χ1n) is 9.60.